The van der Waals surface area contributed by atoms with E-state index in [1.165, 1.54) is 12.1 Å². The van der Waals surface area contributed by atoms with Gasteiger partial charge in [0.05, 0.1) is 26.6 Å². The molecule has 1 aromatic heterocycles. The summed E-state index contributed by atoms with van der Waals surface area (Å²) in [6, 6.07) is 4.11. The maximum atomic E-state index is 13.7. The number of amides is 3. The minimum Gasteiger partial charge on any atom is -0.462 e. The molecule has 1 aliphatic heterocycles. The molecule has 13 heteroatoms. The van der Waals surface area contributed by atoms with E-state index < -0.39 is 52.2 Å². The van der Waals surface area contributed by atoms with Gasteiger partial charge in [0, 0.05) is 5.02 Å². The molecule has 1 saturated heterocycles. The zero-order valence-corrected chi connectivity index (χ0v) is 18.8. The Balaban J connectivity index is 1.56. The lowest BCUT2D eigenvalue weighted by atomic mass is 10.1. The first-order valence-electron chi connectivity index (χ1n) is 9.16. The molecular weight excluding hydrogens is 520 g/mol. The summed E-state index contributed by atoms with van der Waals surface area (Å²) in [6.07, 6.45) is 2.16. The Kier molecular flexibility index (Phi) is 6.43. The van der Waals surface area contributed by atoms with Gasteiger partial charge in [-0.25, -0.2) is 13.2 Å². The molecule has 3 aromatic rings. The third-order valence-electron chi connectivity index (χ3n) is 4.59. The molecule has 0 bridgehead atoms. The number of fused-ring (bicyclic) bond motifs is 1. The lowest BCUT2D eigenvalue weighted by Gasteiger charge is -2.13. The van der Waals surface area contributed by atoms with Gasteiger partial charge in [-0.2, -0.15) is 0 Å². The van der Waals surface area contributed by atoms with Crippen LogP contribution in [-0.4, -0.2) is 28.5 Å². The molecule has 0 saturated carbocycles. The van der Waals surface area contributed by atoms with Gasteiger partial charge in [-0.1, -0.05) is 23.2 Å². The largest absolute Gasteiger partial charge is 0.462 e. The number of rotatable bonds is 4. The Morgan fingerprint density at radius 2 is 1.85 bits per heavy atom. The summed E-state index contributed by atoms with van der Waals surface area (Å²) < 4.78 is 45.5. The number of hydrogen-bond donors (Lipinski definition) is 1. The van der Waals surface area contributed by atoms with Crippen molar-refractivity contribution in [3.8, 4) is 0 Å². The van der Waals surface area contributed by atoms with Crippen LogP contribution in [0.2, 0.25) is 10.0 Å². The van der Waals surface area contributed by atoms with Crippen molar-refractivity contribution in [3.63, 3.8) is 0 Å². The molecule has 0 spiro atoms. The molecule has 0 unspecified atom stereocenters. The summed E-state index contributed by atoms with van der Waals surface area (Å²) in [5, 5.41) is 1.47. The topological polar surface area (TPSA) is 96.7 Å². The van der Waals surface area contributed by atoms with E-state index in [9.17, 15) is 32.3 Å². The van der Waals surface area contributed by atoms with E-state index in [1.54, 1.807) is 0 Å². The van der Waals surface area contributed by atoms with Gasteiger partial charge in [0.15, 0.2) is 28.5 Å². The number of halogens is 5. The highest BCUT2D eigenvalue weighted by molar-refractivity contribution is 8.18. The summed E-state index contributed by atoms with van der Waals surface area (Å²) in [6.45, 7) is -0.835. The number of imide groups is 1. The third-order valence-corrected chi connectivity index (χ3v) is 6.00. The Morgan fingerprint density at radius 3 is 2.59 bits per heavy atom. The Bertz CT molecular complexity index is 1490. The number of thioether (sulfide) groups is 1. The number of carbonyl (C=O) groups excluding carboxylic acids is 3. The zero-order valence-electron chi connectivity index (χ0n) is 16.5. The molecule has 3 amide bonds. The maximum Gasteiger partial charge on any atom is 0.294 e. The predicted molar refractivity (Wildman–Crippen MR) is 120 cm³/mol. The van der Waals surface area contributed by atoms with Gasteiger partial charge in [0.25, 0.3) is 11.1 Å². The fourth-order valence-electron chi connectivity index (χ4n) is 3.01. The molecule has 34 heavy (non-hydrogen) atoms. The number of benzene rings is 2. The summed E-state index contributed by atoms with van der Waals surface area (Å²) in [5.74, 6) is -6.81. The van der Waals surface area contributed by atoms with E-state index >= 15 is 0 Å². The number of nitrogens with zero attached hydrogens (tertiary/aromatic N) is 1. The van der Waals surface area contributed by atoms with Crippen LogP contribution in [0.5, 0.6) is 0 Å². The van der Waals surface area contributed by atoms with E-state index in [2.05, 4.69) is 0 Å². The van der Waals surface area contributed by atoms with Crippen LogP contribution in [0.25, 0.3) is 17.0 Å². The van der Waals surface area contributed by atoms with Crippen LogP contribution in [0.15, 0.2) is 44.6 Å². The van der Waals surface area contributed by atoms with E-state index in [1.807, 2.05) is 5.32 Å². The smallest absolute Gasteiger partial charge is 0.294 e. The number of anilines is 1. The molecule has 2 aromatic carbocycles. The normalized spacial score (nSPS) is 15.0. The van der Waals surface area contributed by atoms with Crippen molar-refractivity contribution in [1.29, 1.82) is 0 Å². The lowest BCUT2D eigenvalue weighted by molar-refractivity contribution is -0.127. The monoisotopic (exact) mass is 528 g/mol. The van der Waals surface area contributed by atoms with E-state index in [4.69, 9.17) is 27.6 Å². The van der Waals surface area contributed by atoms with Crippen LogP contribution < -0.4 is 10.7 Å². The minimum absolute atomic E-state index is 0.0541. The zero-order chi connectivity index (χ0) is 24.7. The molecule has 1 fully saturated rings. The third kappa shape index (κ3) is 4.41. The highest BCUT2D eigenvalue weighted by atomic mass is 35.5. The van der Waals surface area contributed by atoms with Crippen LogP contribution in [0.3, 0.4) is 0 Å². The van der Waals surface area contributed by atoms with Gasteiger partial charge in [0.1, 0.15) is 12.8 Å². The van der Waals surface area contributed by atoms with E-state index in [0.717, 1.165) is 18.4 Å². The molecule has 0 radical (unpaired) electrons. The molecular formula is C21H9Cl2F3N2O5S. The van der Waals surface area contributed by atoms with Crippen molar-refractivity contribution in [2.75, 3.05) is 11.9 Å². The fourth-order valence-corrected chi connectivity index (χ4v) is 4.38. The summed E-state index contributed by atoms with van der Waals surface area (Å²) in [5.41, 5.74) is -1.23. The van der Waals surface area contributed by atoms with Crippen molar-refractivity contribution < 1.29 is 32.0 Å². The van der Waals surface area contributed by atoms with Crippen molar-refractivity contribution in [1.82, 2.24) is 4.90 Å². The fraction of sp³-hybridized carbons (Fsp3) is 0.0476. The second-order valence-corrected chi connectivity index (χ2v) is 8.66. The molecule has 0 aliphatic carbocycles. The van der Waals surface area contributed by atoms with Crippen LogP contribution in [0, 0.1) is 17.5 Å². The molecule has 2 heterocycles. The minimum atomic E-state index is -1.79. The first-order valence-corrected chi connectivity index (χ1v) is 10.7. The van der Waals surface area contributed by atoms with Crippen LogP contribution in [-0.2, 0) is 9.59 Å². The van der Waals surface area contributed by atoms with E-state index in [0.29, 0.717) is 22.7 Å². The molecule has 0 atom stereocenters. The van der Waals surface area contributed by atoms with Crippen molar-refractivity contribution in [2.24, 2.45) is 0 Å². The molecule has 7 nitrogen and oxygen atoms in total. The van der Waals surface area contributed by atoms with Gasteiger partial charge in [-0.05, 0) is 42.1 Å². The van der Waals surface area contributed by atoms with Crippen LogP contribution in [0.4, 0.5) is 23.7 Å². The second-order valence-electron chi connectivity index (χ2n) is 6.82. The molecule has 1 N–H and O–H groups in total. The average molecular weight is 529 g/mol. The van der Waals surface area contributed by atoms with Crippen molar-refractivity contribution in [3.05, 3.63) is 78.7 Å². The highest BCUT2D eigenvalue weighted by Gasteiger charge is 2.36. The Hall–Kier alpha value is -3.28. The molecule has 174 valence electrons. The van der Waals surface area contributed by atoms with Gasteiger partial charge < -0.3 is 9.73 Å². The van der Waals surface area contributed by atoms with E-state index in [-0.39, 0.29) is 31.5 Å². The number of carbonyl (C=O) groups is 3. The first kappa shape index (κ1) is 23.9. The van der Waals surface area contributed by atoms with Crippen LogP contribution >= 0.6 is 35.0 Å². The summed E-state index contributed by atoms with van der Waals surface area (Å²) >= 11 is 12.4. The number of nitrogens with one attached hydrogen (secondary N) is 1. The standard InChI is InChI=1S/C21H9Cl2F3N2O5S/c22-9-4-10-18(30)8(7-33-19(10)11(23)5-9)3-14-20(31)28(21(32)34-14)6-15(29)27-13-2-1-12(24)16(25)17(13)26/h1-5,7H,6H2,(H,27,29)/b14-3-. The molecule has 1 aliphatic rings. The number of hydrogen-bond acceptors (Lipinski definition) is 6. The summed E-state index contributed by atoms with van der Waals surface area (Å²) in [7, 11) is 0. The first-order chi connectivity index (χ1) is 16.1. The molecule has 4 rings (SSSR count). The van der Waals surface area contributed by atoms with Crippen LogP contribution in [0.1, 0.15) is 5.56 Å². The lowest BCUT2D eigenvalue weighted by Crippen LogP contribution is -2.36. The van der Waals surface area contributed by atoms with Gasteiger partial charge in [0.2, 0.25) is 5.91 Å². The van der Waals surface area contributed by atoms with Gasteiger partial charge >= 0.3 is 0 Å². The Labute approximate surface area is 202 Å². The quantitative estimate of drug-likeness (QED) is 0.369. The summed E-state index contributed by atoms with van der Waals surface area (Å²) in [4.78, 5) is 50.2. The SMILES string of the molecule is O=C(CN1C(=O)S/C(=C\c2coc3c(Cl)cc(Cl)cc3c2=O)C1=O)Nc1ccc(F)c(F)c1F. The highest BCUT2D eigenvalue weighted by Crippen LogP contribution is 2.33. The van der Waals surface area contributed by atoms with Crippen molar-refractivity contribution >= 4 is 74.7 Å². The van der Waals surface area contributed by atoms with Gasteiger partial charge in [-0.3, -0.25) is 24.1 Å². The predicted octanol–water partition coefficient (Wildman–Crippen LogP) is 5.19. The Morgan fingerprint density at radius 1 is 1.12 bits per heavy atom. The van der Waals surface area contributed by atoms with Gasteiger partial charge in [-0.15, -0.1) is 0 Å². The average Bonchev–Trinajstić information content (AvgIpc) is 3.03. The maximum absolute atomic E-state index is 13.7. The van der Waals surface area contributed by atoms with Crippen molar-refractivity contribution in [2.45, 2.75) is 0 Å². The second kappa shape index (κ2) is 9.16.